The van der Waals surface area contributed by atoms with Gasteiger partial charge in [0.05, 0.1) is 5.02 Å². The predicted octanol–water partition coefficient (Wildman–Crippen LogP) is 3.29. The maximum absolute atomic E-state index is 13.3. The molecule has 0 radical (unpaired) electrons. The van der Waals surface area contributed by atoms with Gasteiger partial charge in [-0.15, -0.1) is 0 Å². The fourth-order valence-corrected chi connectivity index (χ4v) is 2.09. The number of hydrogen-bond donors (Lipinski definition) is 2. The van der Waals surface area contributed by atoms with Crippen LogP contribution in [0.5, 0.6) is 0 Å². The third kappa shape index (κ3) is 1.62. The molecule has 0 aliphatic heterocycles. The lowest BCUT2D eigenvalue weighted by Gasteiger charge is -2.05. The van der Waals surface area contributed by atoms with E-state index in [2.05, 4.69) is 4.98 Å². The van der Waals surface area contributed by atoms with E-state index >= 15 is 0 Å². The SMILES string of the molecule is Cc1[nH]c2cc(Cl)c(F)cc2c1C(C)N. The van der Waals surface area contributed by atoms with Gasteiger partial charge in [0, 0.05) is 22.6 Å². The van der Waals surface area contributed by atoms with Crippen molar-refractivity contribution in [2.45, 2.75) is 19.9 Å². The Labute approximate surface area is 92.2 Å². The van der Waals surface area contributed by atoms with Gasteiger partial charge in [-0.2, -0.15) is 0 Å². The first kappa shape index (κ1) is 10.5. The van der Waals surface area contributed by atoms with Crippen LogP contribution in [-0.2, 0) is 0 Å². The van der Waals surface area contributed by atoms with Gasteiger partial charge in [0.25, 0.3) is 0 Å². The summed E-state index contributed by atoms with van der Waals surface area (Å²) in [4.78, 5) is 3.15. The van der Waals surface area contributed by atoms with E-state index in [1.807, 2.05) is 13.8 Å². The summed E-state index contributed by atoms with van der Waals surface area (Å²) >= 11 is 5.70. The molecule has 2 rings (SSSR count). The van der Waals surface area contributed by atoms with Gasteiger partial charge >= 0.3 is 0 Å². The van der Waals surface area contributed by atoms with E-state index in [0.717, 1.165) is 22.2 Å². The van der Waals surface area contributed by atoms with Crippen molar-refractivity contribution in [2.75, 3.05) is 0 Å². The van der Waals surface area contributed by atoms with E-state index < -0.39 is 5.82 Å². The molecule has 0 fully saturated rings. The second-order valence-corrected chi connectivity index (χ2v) is 4.17. The molecular formula is C11H12ClFN2. The van der Waals surface area contributed by atoms with E-state index in [9.17, 15) is 4.39 Å². The highest BCUT2D eigenvalue weighted by atomic mass is 35.5. The van der Waals surface area contributed by atoms with Crippen LogP contribution >= 0.6 is 11.6 Å². The Morgan fingerprint density at radius 2 is 2.13 bits per heavy atom. The van der Waals surface area contributed by atoms with E-state index in [0.29, 0.717) is 0 Å². The molecule has 0 saturated heterocycles. The molecule has 1 unspecified atom stereocenters. The first-order valence-electron chi connectivity index (χ1n) is 4.73. The van der Waals surface area contributed by atoms with Gasteiger partial charge in [-0.05, 0) is 31.5 Å². The molecular weight excluding hydrogens is 215 g/mol. The second kappa shape index (κ2) is 3.51. The lowest BCUT2D eigenvalue weighted by molar-refractivity contribution is 0.630. The standard InChI is InChI=1S/C11H12ClFN2/c1-5(14)11-6(2)15-10-4-8(12)9(13)3-7(10)11/h3-5,15H,14H2,1-2H3. The summed E-state index contributed by atoms with van der Waals surface area (Å²) < 4.78 is 13.3. The number of aryl methyl sites for hydroxylation is 1. The molecule has 2 nitrogen and oxygen atoms in total. The van der Waals surface area contributed by atoms with Gasteiger partial charge in [0.2, 0.25) is 0 Å². The molecule has 0 bridgehead atoms. The minimum atomic E-state index is -0.412. The highest BCUT2D eigenvalue weighted by Gasteiger charge is 2.14. The third-order valence-corrected chi connectivity index (χ3v) is 2.82. The number of nitrogens with one attached hydrogen (secondary N) is 1. The van der Waals surface area contributed by atoms with Crippen LogP contribution in [0, 0.1) is 12.7 Å². The summed E-state index contributed by atoms with van der Waals surface area (Å²) in [7, 11) is 0. The summed E-state index contributed by atoms with van der Waals surface area (Å²) in [5.41, 5.74) is 8.57. The molecule has 1 atom stereocenters. The fourth-order valence-electron chi connectivity index (χ4n) is 1.93. The van der Waals surface area contributed by atoms with Crippen molar-refractivity contribution in [1.29, 1.82) is 0 Å². The Morgan fingerprint density at radius 3 is 2.73 bits per heavy atom. The van der Waals surface area contributed by atoms with Gasteiger partial charge in [0.1, 0.15) is 5.82 Å². The number of aromatic amines is 1. The summed E-state index contributed by atoms with van der Waals surface area (Å²) in [6.45, 7) is 3.80. The molecule has 1 aromatic heterocycles. The molecule has 1 heterocycles. The van der Waals surface area contributed by atoms with Gasteiger partial charge in [0.15, 0.2) is 0 Å². The van der Waals surface area contributed by atoms with Crippen LogP contribution in [0.2, 0.25) is 5.02 Å². The number of fused-ring (bicyclic) bond motifs is 1. The largest absolute Gasteiger partial charge is 0.358 e. The van der Waals surface area contributed by atoms with Crippen molar-refractivity contribution in [3.05, 3.63) is 34.2 Å². The molecule has 0 aliphatic carbocycles. The first-order chi connectivity index (χ1) is 7.00. The lowest BCUT2D eigenvalue weighted by Crippen LogP contribution is -2.05. The molecule has 2 aromatic rings. The minimum absolute atomic E-state index is 0.125. The van der Waals surface area contributed by atoms with Crippen LogP contribution < -0.4 is 5.73 Å². The van der Waals surface area contributed by atoms with Crippen LogP contribution in [0.4, 0.5) is 4.39 Å². The third-order valence-electron chi connectivity index (χ3n) is 2.53. The molecule has 0 aliphatic rings. The Kier molecular flexibility index (Phi) is 2.44. The maximum Gasteiger partial charge on any atom is 0.142 e. The van der Waals surface area contributed by atoms with Crippen molar-refractivity contribution in [1.82, 2.24) is 4.98 Å². The van der Waals surface area contributed by atoms with E-state index in [1.54, 1.807) is 6.07 Å². The zero-order valence-corrected chi connectivity index (χ0v) is 9.32. The van der Waals surface area contributed by atoms with Gasteiger partial charge in [-0.1, -0.05) is 11.6 Å². The average Bonchev–Trinajstić information content (AvgIpc) is 2.41. The normalized spacial score (nSPS) is 13.4. The first-order valence-corrected chi connectivity index (χ1v) is 5.11. The fraction of sp³-hybridized carbons (Fsp3) is 0.273. The molecule has 0 saturated carbocycles. The van der Waals surface area contributed by atoms with Gasteiger partial charge in [-0.25, -0.2) is 4.39 Å². The van der Waals surface area contributed by atoms with Crippen molar-refractivity contribution in [3.8, 4) is 0 Å². The number of halogens is 2. The monoisotopic (exact) mass is 226 g/mol. The predicted molar refractivity (Wildman–Crippen MR) is 60.6 cm³/mol. The number of hydrogen-bond acceptors (Lipinski definition) is 1. The lowest BCUT2D eigenvalue weighted by atomic mass is 10.1. The van der Waals surface area contributed by atoms with E-state index in [-0.39, 0.29) is 11.1 Å². The van der Waals surface area contributed by atoms with Crippen molar-refractivity contribution < 1.29 is 4.39 Å². The number of aromatic nitrogens is 1. The number of rotatable bonds is 1. The molecule has 4 heteroatoms. The second-order valence-electron chi connectivity index (χ2n) is 3.76. The Balaban J connectivity index is 2.81. The van der Waals surface area contributed by atoms with E-state index in [1.165, 1.54) is 6.07 Å². The van der Waals surface area contributed by atoms with Crippen molar-refractivity contribution in [3.63, 3.8) is 0 Å². The highest BCUT2D eigenvalue weighted by molar-refractivity contribution is 6.31. The number of benzene rings is 1. The van der Waals surface area contributed by atoms with Crippen molar-refractivity contribution >= 4 is 22.5 Å². The molecule has 1 aromatic carbocycles. The zero-order valence-electron chi connectivity index (χ0n) is 8.57. The van der Waals surface area contributed by atoms with Crippen LogP contribution in [0.25, 0.3) is 10.9 Å². The minimum Gasteiger partial charge on any atom is -0.358 e. The van der Waals surface area contributed by atoms with Gasteiger partial charge in [-0.3, -0.25) is 0 Å². The van der Waals surface area contributed by atoms with Crippen LogP contribution in [0.15, 0.2) is 12.1 Å². The quantitative estimate of drug-likeness (QED) is 0.770. The number of nitrogens with two attached hydrogens (primary N) is 1. The maximum atomic E-state index is 13.3. The molecule has 3 N–H and O–H groups in total. The zero-order chi connectivity index (χ0) is 11.2. The van der Waals surface area contributed by atoms with Gasteiger partial charge < -0.3 is 10.7 Å². The molecule has 15 heavy (non-hydrogen) atoms. The summed E-state index contributed by atoms with van der Waals surface area (Å²) in [5, 5.41) is 0.935. The highest BCUT2D eigenvalue weighted by Crippen LogP contribution is 2.30. The summed E-state index contributed by atoms with van der Waals surface area (Å²) in [6.07, 6.45) is 0. The van der Waals surface area contributed by atoms with Crippen LogP contribution in [0.1, 0.15) is 24.2 Å². The summed E-state index contributed by atoms with van der Waals surface area (Å²) in [5.74, 6) is -0.412. The Hall–Kier alpha value is -1.06. The Morgan fingerprint density at radius 1 is 1.47 bits per heavy atom. The van der Waals surface area contributed by atoms with E-state index in [4.69, 9.17) is 17.3 Å². The topological polar surface area (TPSA) is 41.8 Å². The van der Waals surface area contributed by atoms with Crippen molar-refractivity contribution in [2.24, 2.45) is 5.73 Å². The Bertz CT molecular complexity index is 517. The average molecular weight is 227 g/mol. The summed E-state index contributed by atoms with van der Waals surface area (Å²) in [6, 6.07) is 2.89. The molecule has 0 amide bonds. The molecule has 0 spiro atoms. The van der Waals surface area contributed by atoms with Crippen LogP contribution in [0.3, 0.4) is 0 Å². The smallest absolute Gasteiger partial charge is 0.142 e. The van der Waals surface area contributed by atoms with Crippen LogP contribution in [-0.4, -0.2) is 4.98 Å². The molecule has 80 valence electrons. The number of H-pyrrole nitrogens is 1.